The number of hydrogen-bond acceptors (Lipinski definition) is 4. The number of benzene rings is 2. The van der Waals surface area contributed by atoms with Crippen LogP contribution in [0.2, 0.25) is 0 Å². The number of nitrogens with one attached hydrogen (secondary N) is 1. The smallest absolute Gasteiger partial charge is 0.223 e. The van der Waals surface area contributed by atoms with Gasteiger partial charge in [-0.1, -0.05) is 23.5 Å². The highest BCUT2D eigenvalue weighted by Gasteiger charge is 2.22. The first-order valence-corrected chi connectivity index (χ1v) is 8.06. The zero-order valence-corrected chi connectivity index (χ0v) is 13.0. The van der Waals surface area contributed by atoms with Gasteiger partial charge in [-0.15, -0.1) is 0 Å². The van der Waals surface area contributed by atoms with Gasteiger partial charge < -0.3 is 10.2 Å². The van der Waals surface area contributed by atoms with Gasteiger partial charge >= 0.3 is 0 Å². The SMILES string of the molecule is CC(=O)N1CCc2cc(Nc3nc4ccccc4s3)ccc21. The van der Waals surface area contributed by atoms with Gasteiger partial charge in [-0.25, -0.2) is 4.98 Å². The molecule has 0 saturated carbocycles. The number of para-hydroxylation sites is 1. The van der Waals surface area contributed by atoms with Crippen molar-refractivity contribution in [1.82, 2.24) is 4.98 Å². The van der Waals surface area contributed by atoms with Crippen LogP contribution in [0.1, 0.15) is 12.5 Å². The number of amides is 1. The summed E-state index contributed by atoms with van der Waals surface area (Å²) in [5.74, 6) is 0.102. The number of rotatable bonds is 2. The molecule has 0 bridgehead atoms. The zero-order chi connectivity index (χ0) is 15.1. The summed E-state index contributed by atoms with van der Waals surface area (Å²) in [7, 11) is 0. The molecule has 1 amide bonds. The molecular formula is C17H15N3OS. The topological polar surface area (TPSA) is 45.2 Å². The molecule has 1 aromatic heterocycles. The van der Waals surface area contributed by atoms with Crippen LogP contribution >= 0.6 is 11.3 Å². The quantitative estimate of drug-likeness (QED) is 0.779. The second kappa shape index (κ2) is 5.10. The summed E-state index contributed by atoms with van der Waals surface area (Å²) in [6.45, 7) is 2.39. The Balaban J connectivity index is 1.63. The fourth-order valence-electron chi connectivity index (χ4n) is 2.86. The minimum Gasteiger partial charge on any atom is -0.332 e. The minimum atomic E-state index is 0.102. The summed E-state index contributed by atoms with van der Waals surface area (Å²) in [4.78, 5) is 18.0. The Morgan fingerprint density at radius 2 is 2.14 bits per heavy atom. The molecule has 1 N–H and O–H groups in total. The minimum absolute atomic E-state index is 0.102. The van der Waals surface area contributed by atoms with Gasteiger partial charge in [0, 0.05) is 24.8 Å². The largest absolute Gasteiger partial charge is 0.332 e. The molecule has 0 fully saturated rings. The normalized spacial score (nSPS) is 13.4. The van der Waals surface area contributed by atoms with E-state index in [1.165, 1.54) is 10.3 Å². The number of nitrogens with zero attached hydrogens (tertiary/aromatic N) is 2. The molecule has 0 unspecified atom stereocenters. The summed E-state index contributed by atoms with van der Waals surface area (Å²) in [6, 6.07) is 14.2. The van der Waals surface area contributed by atoms with Crippen LogP contribution in [0.4, 0.5) is 16.5 Å². The molecule has 0 saturated heterocycles. The van der Waals surface area contributed by atoms with Gasteiger partial charge in [0.2, 0.25) is 5.91 Å². The van der Waals surface area contributed by atoms with Crippen LogP contribution < -0.4 is 10.2 Å². The molecule has 22 heavy (non-hydrogen) atoms. The van der Waals surface area contributed by atoms with Crippen LogP contribution in [0.25, 0.3) is 10.2 Å². The lowest BCUT2D eigenvalue weighted by molar-refractivity contribution is -0.116. The third-order valence-electron chi connectivity index (χ3n) is 3.90. The predicted octanol–water partition coefficient (Wildman–Crippen LogP) is 3.95. The van der Waals surface area contributed by atoms with Crippen molar-refractivity contribution in [2.75, 3.05) is 16.8 Å². The number of hydrogen-bond donors (Lipinski definition) is 1. The van der Waals surface area contributed by atoms with Gasteiger partial charge in [-0.2, -0.15) is 0 Å². The molecule has 1 aliphatic rings. The van der Waals surface area contributed by atoms with E-state index in [1.54, 1.807) is 18.3 Å². The van der Waals surface area contributed by atoms with Crippen molar-refractivity contribution in [2.45, 2.75) is 13.3 Å². The van der Waals surface area contributed by atoms with Gasteiger partial charge in [0.25, 0.3) is 0 Å². The van der Waals surface area contributed by atoms with Crippen molar-refractivity contribution in [3.63, 3.8) is 0 Å². The second-order valence-electron chi connectivity index (χ2n) is 5.38. The van der Waals surface area contributed by atoms with Crippen molar-refractivity contribution >= 4 is 44.0 Å². The molecule has 0 radical (unpaired) electrons. The third-order valence-corrected chi connectivity index (χ3v) is 4.85. The van der Waals surface area contributed by atoms with Crippen molar-refractivity contribution in [3.8, 4) is 0 Å². The summed E-state index contributed by atoms with van der Waals surface area (Å²) < 4.78 is 1.17. The van der Waals surface area contributed by atoms with Crippen LogP contribution in [0.3, 0.4) is 0 Å². The summed E-state index contributed by atoms with van der Waals surface area (Å²) in [6.07, 6.45) is 0.907. The Kier molecular flexibility index (Phi) is 3.08. The van der Waals surface area contributed by atoms with E-state index in [1.807, 2.05) is 35.2 Å². The molecule has 1 aliphatic heterocycles. The van der Waals surface area contributed by atoms with Crippen LogP contribution in [0.5, 0.6) is 0 Å². The van der Waals surface area contributed by atoms with Crippen molar-refractivity contribution in [3.05, 3.63) is 48.0 Å². The highest BCUT2D eigenvalue weighted by Crippen LogP contribution is 2.33. The highest BCUT2D eigenvalue weighted by molar-refractivity contribution is 7.22. The lowest BCUT2D eigenvalue weighted by Gasteiger charge is -2.14. The van der Waals surface area contributed by atoms with Gasteiger partial charge in [0.15, 0.2) is 5.13 Å². The Morgan fingerprint density at radius 3 is 2.95 bits per heavy atom. The monoisotopic (exact) mass is 309 g/mol. The lowest BCUT2D eigenvalue weighted by atomic mass is 10.1. The van der Waals surface area contributed by atoms with E-state index < -0.39 is 0 Å². The number of aromatic nitrogens is 1. The molecular weight excluding hydrogens is 294 g/mol. The Hall–Kier alpha value is -2.40. The number of fused-ring (bicyclic) bond motifs is 2. The predicted molar refractivity (Wildman–Crippen MR) is 91.1 cm³/mol. The molecule has 0 aliphatic carbocycles. The molecule has 4 nitrogen and oxygen atoms in total. The van der Waals surface area contributed by atoms with Crippen LogP contribution in [-0.2, 0) is 11.2 Å². The van der Waals surface area contributed by atoms with Crippen LogP contribution in [0.15, 0.2) is 42.5 Å². The molecule has 3 aromatic rings. The highest BCUT2D eigenvalue weighted by atomic mass is 32.1. The average molecular weight is 309 g/mol. The van der Waals surface area contributed by atoms with E-state index in [2.05, 4.69) is 22.4 Å². The standard InChI is InChI=1S/C17H15N3OS/c1-11(21)20-9-8-12-10-13(6-7-15(12)20)18-17-19-14-4-2-3-5-16(14)22-17/h2-7,10H,8-9H2,1H3,(H,18,19). The average Bonchev–Trinajstić information content (AvgIpc) is 3.09. The van der Waals surface area contributed by atoms with E-state index in [0.717, 1.165) is 35.0 Å². The van der Waals surface area contributed by atoms with Crippen molar-refractivity contribution in [1.29, 1.82) is 0 Å². The molecule has 2 aromatic carbocycles. The maximum atomic E-state index is 11.6. The van der Waals surface area contributed by atoms with Crippen LogP contribution in [-0.4, -0.2) is 17.4 Å². The third kappa shape index (κ3) is 2.23. The van der Waals surface area contributed by atoms with Gasteiger partial charge in [0.1, 0.15) is 0 Å². The lowest BCUT2D eigenvalue weighted by Crippen LogP contribution is -2.25. The van der Waals surface area contributed by atoms with E-state index in [0.29, 0.717) is 0 Å². The second-order valence-corrected chi connectivity index (χ2v) is 6.41. The summed E-state index contributed by atoms with van der Waals surface area (Å²) >= 11 is 1.64. The molecule has 110 valence electrons. The number of anilines is 3. The van der Waals surface area contributed by atoms with Crippen molar-refractivity contribution in [2.24, 2.45) is 0 Å². The molecule has 2 heterocycles. The number of carbonyl (C=O) groups is 1. The summed E-state index contributed by atoms with van der Waals surface area (Å²) in [5, 5.41) is 4.26. The van der Waals surface area contributed by atoms with E-state index in [-0.39, 0.29) is 5.91 Å². The fourth-order valence-corrected chi connectivity index (χ4v) is 3.74. The number of thiazole rings is 1. The number of carbonyl (C=O) groups excluding carboxylic acids is 1. The van der Waals surface area contributed by atoms with E-state index in [9.17, 15) is 4.79 Å². The molecule has 4 rings (SSSR count). The van der Waals surface area contributed by atoms with Crippen LogP contribution in [0, 0.1) is 0 Å². The first-order chi connectivity index (χ1) is 10.7. The maximum absolute atomic E-state index is 11.6. The van der Waals surface area contributed by atoms with Gasteiger partial charge in [-0.05, 0) is 42.3 Å². The van der Waals surface area contributed by atoms with Gasteiger partial charge in [0.05, 0.1) is 10.2 Å². The first kappa shape index (κ1) is 13.3. The zero-order valence-electron chi connectivity index (χ0n) is 12.2. The first-order valence-electron chi connectivity index (χ1n) is 7.24. The summed E-state index contributed by atoms with van der Waals surface area (Å²) in [5.41, 5.74) is 4.27. The Morgan fingerprint density at radius 1 is 1.27 bits per heavy atom. The molecule has 0 spiro atoms. The molecule has 5 heteroatoms. The maximum Gasteiger partial charge on any atom is 0.223 e. The molecule has 0 atom stereocenters. The van der Waals surface area contributed by atoms with Crippen molar-refractivity contribution < 1.29 is 4.79 Å². The Bertz CT molecular complexity index is 838. The van der Waals surface area contributed by atoms with Gasteiger partial charge in [-0.3, -0.25) is 4.79 Å². The fraction of sp³-hybridized carbons (Fsp3) is 0.176. The Labute approximate surface area is 132 Å². The van der Waals surface area contributed by atoms with E-state index >= 15 is 0 Å². The van der Waals surface area contributed by atoms with E-state index in [4.69, 9.17) is 0 Å².